The molecule has 0 saturated heterocycles. The molecule has 12 heavy (non-hydrogen) atoms. The van der Waals surface area contributed by atoms with E-state index in [0.29, 0.717) is 6.42 Å². The maximum absolute atomic E-state index is 10.3. The SMILES string of the molecule is C=CC(CCC(=O)O)C(C)(C)C. The van der Waals surface area contributed by atoms with Crippen molar-refractivity contribution in [1.29, 1.82) is 0 Å². The Balaban J connectivity index is 4.01. The molecule has 0 bridgehead atoms. The van der Waals surface area contributed by atoms with Crippen LogP contribution in [0.2, 0.25) is 0 Å². The highest BCUT2D eigenvalue weighted by Gasteiger charge is 2.21. The highest BCUT2D eigenvalue weighted by Crippen LogP contribution is 2.30. The molecule has 0 aliphatic heterocycles. The zero-order valence-corrected chi connectivity index (χ0v) is 8.13. The third-order valence-corrected chi connectivity index (χ3v) is 2.07. The molecule has 0 fully saturated rings. The maximum atomic E-state index is 10.3. The van der Waals surface area contributed by atoms with Crippen molar-refractivity contribution in [3.8, 4) is 0 Å². The summed E-state index contributed by atoms with van der Waals surface area (Å²) in [6, 6.07) is 0. The summed E-state index contributed by atoms with van der Waals surface area (Å²) in [5.41, 5.74) is 0.122. The third kappa shape index (κ3) is 4.16. The van der Waals surface area contributed by atoms with Crippen molar-refractivity contribution in [3.05, 3.63) is 12.7 Å². The second-order valence-corrected chi connectivity index (χ2v) is 4.14. The van der Waals surface area contributed by atoms with E-state index >= 15 is 0 Å². The van der Waals surface area contributed by atoms with Crippen molar-refractivity contribution in [2.45, 2.75) is 33.6 Å². The summed E-state index contributed by atoms with van der Waals surface area (Å²) in [7, 11) is 0. The van der Waals surface area contributed by atoms with Crippen molar-refractivity contribution >= 4 is 5.97 Å². The first-order chi connectivity index (χ1) is 5.38. The fourth-order valence-electron chi connectivity index (χ4n) is 1.18. The van der Waals surface area contributed by atoms with Crippen LogP contribution in [0.5, 0.6) is 0 Å². The topological polar surface area (TPSA) is 37.3 Å². The van der Waals surface area contributed by atoms with Crippen LogP contribution in [-0.2, 0) is 4.79 Å². The average Bonchev–Trinajstić information content (AvgIpc) is 1.85. The van der Waals surface area contributed by atoms with Gasteiger partial charge in [0.05, 0.1) is 0 Å². The van der Waals surface area contributed by atoms with Gasteiger partial charge in [-0.3, -0.25) is 4.79 Å². The molecular weight excluding hydrogens is 152 g/mol. The molecule has 0 aromatic heterocycles. The van der Waals surface area contributed by atoms with Crippen LogP contribution in [0.3, 0.4) is 0 Å². The van der Waals surface area contributed by atoms with Gasteiger partial charge in [-0.05, 0) is 17.8 Å². The molecule has 2 heteroatoms. The van der Waals surface area contributed by atoms with Crippen LogP contribution in [0, 0.1) is 11.3 Å². The average molecular weight is 170 g/mol. The summed E-state index contributed by atoms with van der Waals surface area (Å²) in [5.74, 6) is -0.445. The van der Waals surface area contributed by atoms with Crippen LogP contribution in [0.25, 0.3) is 0 Å². The summed E-state index contributed by atoms with van der Waals surface area (Å²) in [4.78, 5) is 10.3. The Morgan fingerprint density at radius 1 is 1.58 bits per heavy atom. The molecule has 0 aliphatic rings. The minimum Gasteiger partial charge on any atom is -0.481 e. The second-order valence-electron chi connectivity index (χ2n) is 4.14. The number of carbonyl (C=O) groups is 1. The number of hydrogen-bond acceptors (Lipinski definition) is 1. The van der Waals surface area contributed by atoms with Gasteiger partial charge in [0.2, 0.25) is 0 Å². The van der Waals surface area contributed by atoms with E-state index in [0.717, 1.165) is 0 Å². The Hall–Kier alpha value is -0.790. The summed E-state index contributed by atoms with van der Waals surface area (Å²) >= 11 is 0. The van der Waals surface area contributed by atoms with E-state index in [-0.39, 0.29) is 17.8 Å². The van der Waals surface area contributed by atoms with Crippen LogP contribution in [0.1, 0.15) is 33.6 Å². The van der Waals surface area contributed by atoms with Gasteiger partial charge >= 0.3 is 5.97 Å². The lowest BCUT2D eigenvalue weighted by Crippen LogP contribution is -2.19. The van der Waals surface area contributed by atoms with Crippen LogP contribution >= 0.6 is 0 Å². The number of allylic oxidation sites excluding steroid dienone is 1. The van der Waals surface area contributed by atoms with E-state index in [9.17, 15) is 4.79 Å². The molecule has 0 heterocycles. The Kier molecular flexibility index (Phi) is 4.01. The second kappa shape index (κ2) is 4.29. The van der Waals surface area contributed by atoms with Gasteiger partial charge in [-0.25, -0.2) is 0 Å². The number of hydrogen-bond donors (Lipinski definition) is 1. The summed E-state index contributed by atoms with van der Waals surface area (Å²) < 4.78 is 0. The highest BCUT2D eigenvalue weighted by atomic mass is 16.4. The van der Waals surface area contributed by atoms with Crippen molar-refractivity contribution in [1.82, 2.24) is 0 Å². The van der Waals surface area contributed by atoms with Gasteiger partial charge in [-0.15, -0.1) is 6.58 Å². The minimum absolute atomic E-state index is 0.122. The van der Waals surface area contributed by atoms with Crippen molar-refractivity contribution < 1.29 is 9.90 Å². The van der Waals surface area contributed by atoms with Gasteiger partial charge in [0.25, 0.3) is 0 Å². The minimum atomic E-state index is -0.730. The van der Waals surface area contributed by atoms with E-state index in [4.69, 9.17) is 5.11 Å². The van der Waals surface area contributed by atoms with E-state index < -0.39 is 5.97 Å². The Bertz CT molecular complexity index is 165. The summed E-state index contributed by atoms with van der Waals surface area (Å²) in [6.45, 7) is 10.0. The largest absolute Gasteiger partial charge is 0.481 e. The summed E-state index contributed by atoms with van der Waals surface area (Å²) in [6.07, 6.45) is 2.76. The molecule has 0 rings (SSSR count). The number of carboxylic acids is 1. The molecular formula is C10H18O2. The first-order valence-electron chi connectivity index (χ1n) is 4.22. The Morgan fingerprint density at radius 3 is 2.33 bits per heavy atom. The lowest BCUT2D eigenvalue weighted by atomic mass is 9.78. The van der Waals surface area contributed by atoms with Gasteiger partial charge in [-0.1, -0.05) is 26.8 Å². The van der Waals surface area contributed by atoms with Crippen molar-refractivity contribution in [2.24, 2.45) is 11.3 Å². The number of rotatable bonds is 4. The first kappa shape index (κ1) is 11.2. The van der Waals surface area contributed by atoms with Gasteiger partial charge in [0.1, 0.15) is 0 Å². The molecule has 0 aliphatic carbocycles. The van der Waals surface area contributed by atoms with Crippen molar-refractivity contribution in [2.75, 3.05) is 0 Å². The molecule has 0 saturated carbocycles. The normalized spacial score (nSPS) is 13.9. The predicted octanol–water partition coefficient (Wildman–Crippen LogP) is 2.70. The Labute approximate surface area is 74.3 Å². The molecule has 1 atom stereocenters. The quantitative estimate of drug-likeness (QED) is 0.659. The maximum Gasteiger partial charge on any atom is 0.303 e. The van der Waals surface area contributed by atoms with Crippen LogP contribution in [-0.4, -0.2) is 11.1 Å². The van der Waals surface area contributed by atoms with Gasteiger partial charge < -0.3 is 5.11 Å². The molecule has 0 amide bonds. The van der Waals surface area contributed by atoms with E-state index in [1.54, 1.807) is 0 Å². The van der Waals surface area contributed by atoms with Crippen LogP contribution in [0.15, 0.2) is 12.7 Å². The molecule has 2 nitrogen and oxygen atoms in total. The number of aliphatic carboxylic acids is 1. The van der Waals surface area contributed by atoms with E-state index in [1.165, 1.54) is 0 Å². The smallest absolute Gasteiger partial charge is 0.303 e. The zero-order valence-electron chi connectivity index (χ0n) is 8.13. The van der Waals surface area contributed by atoms with Crippen LogP contribution < -0.4 is 0 Å². The zero-order chi connectivity index (χ0) is 9.78. The monoisotopic (exact) mass is 170 g/mol. The molecule has 1 unspecified atom stereocenters. The standard InChI is InChI=1S/C10H18O2/c1-5-8(10(2,3)4)6-7-9(11)12/h5,8H,1,6-7H2,2-4H3,(H,11,12). The highest BCUT2D eigenvalue weighted by molar-refractivity contribution is 5.66. The van der Waals surface area contributed by atoms with E-state index in [1.807, 2.05) is 6.08 Å². The fraction of sp³-hybridized carbons (Fsp3) is 0.700. The predicted molar refractivity (Wildman–Crippen MR) is 50.0 cm³/mol. The Morgan fingerprint density at radius 2 is 2.08 bits per heavy atom. The molecule has 0 aromatic carbocycles. The van der Waals surface area contributed by atoms with Gasteiger partial charge in [-0.2, -0.15) is 0 Å². The third-order valence-electron chi connectivity index (χ3n) is 2.07. The van der Waals surface area contributed by atoms with E-state index in [2.05, 4.69) is 27.4 Å². The van der Waals surface area contributed by atoms with Gasteiger partial charge in [0.15, 0.2) is 0 Å². The van der Waals surface area contributed by atoms with Gasteiger partial charge in [0, 0.05) is 6.42 Å². The lowest BCUT2D eigenvalue weighted by Gasteiger charge is -2.27. The van der Waals surface area contributed by atoms with Crippen LogP contribution in [0.4, 0.5) is 0 Å². The molecule has 0 radical (unpaired) electrons. The van der Waals surface area contributed by atoms with Crippen molar-refractivity contribution in [3.63, 3.8) is 0 Å². The molecule has 1 N–H and O–H groups in total. The molecule has 0 aromatic rings. The number of carboxylic acid groups (broad SMARTS) is 1. The lowest BCUT2D eigenvalue weighted by molar-refractivity contribution is -0.137. The fourth-order valence-corrected chi connectivity index (χ4v) is 1.18. The summed E-state index contributed by atoms with van der Waals surface area (Å²) in [5, 5.41) is 8.49. The first-order valence-corrected chi connectivity index (χ1v) is 4.22. The molecule has 0 spiro atoms. The molecule has 70 valence electrons.